The van der Waals surface area contributed by atoms with E-state index < -0.39 is 0 Å². The average molecular weight is 311 g/mol. The van der Waals surface area contributed by atoms with E-state index in [9.17, 15) is 4.79 Å². The molecule has 2 atom stereocenters. The molecule has 116 valence electrons. The minimum Gasteiger partial charge on any atom is -0.480 e. The molecule has 0 amide bonds. The SMILES string of the molecule is CC1CC(OC(=O)COc2ccccc2Cl)CC(C)(C)C1. The number of ether oxygens (including phenoxy) is 2. The monoisotopic (exact) mass is 310 g/mol. The van der Waals surface area contributed by atoms with Gasteiger partial charge in [-0.2, -0.15) is 0 Å². The van der Waals surface area contributed by atoms with Crippen LogP contribution < -0.4 is 4.74 Å². The highest BCUT2D eigenvalue weighted by Crippen LogP contribution is 2.39. The van der Waals surface area contributed by atoms with E-state index >= 15 is 0 Å². The lowest BCUT2D eigenvalue weighted by molar-refractivity contribution is -0.155. The Morgan fingerprint density at radius 3 is 2.71 bits per heavy atom. The molecule has 0 aliphatic heterocycles. The first kappa shape index (κ1) is 16.2. The molecule has 21 heavy (non-hydrogen) atoms. The highest BCUT2D eigenvalue weighted by atomic mass is 35.5. The molecular weight excluding hydrogens is 288 g/mol. The summed E-state index contributed by atoms with van der Waals surface area (Å²) in [5.41, 5.74) is 0.228. The van der Waals surface area contributed by atoms with Gasteiger partial charge in [0.15, 0.2) is 6.61 Å². The van der Waals surface area contributed by atoms with E-state index in [0.29, 0.717) is 16.7 Å². The first-order valence-electron chi connectivity index (χ1n) is 7.42. The van der Waals surface area contributed by atoms with Gasteiger partial charge >= 0.3 is 5.97 Å². The maximum Gasteiger partial charge on any atom is 0.344 e. The Morgan fingerprint density at radius 1 is 1.33 bits per heavy atom. The molecule has 0 bridgehead atoms. The second-order valence-corrected chi connectivity index (χ2v) is 7.15. The van der Waals surface area contributed by atoms with E-state index in [1.165, 1.54) is 6.42 Å². The van der Waals surface area contributed by atoms with Crippen molar-refractivity contribution in [2.45, 2.75) is 46.1 Å². The molecule has 1 aromatic rings. The fourth-order valence-electron chi connectivity index (χ4n) is 3.27. The largest absolute Gasteiger partial charge is 0.480 e. The third kappa shape index (κ3) is 4.92. The first-order chi connectivity index (χ1) is 9.85. The van der Waals surface area contributed by atoms with Gasteiger partial charge in [0.25, 0.3) is 0 Å². The van der Waals surface area contributed by atoms with Crippen LogP contribution in [0.2, 0.25) is 5.02 Å². The molecule has 0 N–H and O–H groups in total. The zero-order chi connectivity index (χ0) is 15.5. The lowest BCUT2D eigenvalue weighted by atomic mass is 9.71. The molecule has 1 saturated carbocycles. The van der Waals surface area contributed by atoms with Gasteiger partial charge in [0.2, 0.25) is 0 Å². The Balaban J connectivity index is 1.83. The van der Waals surface area contributed by atoms with Crippen LogP contribution in [-0.2, 0) is 9.53 Å². The third-order valence-corrected chi connectivity index (χ3v) is 4.14. The summed E-state index contributed by atoms with van der Waals surface area (Å²) < 4.78 is 11.0. The van der Waals surface area contributed by atoms with Crippen LogP contribution in [-0.4, -0.2) is 18.7 Å². The number of hydrogen-bond donors (Lipinski definition) is 0. The number of hydrogen-bond acceptors (Lipinski definition) is 3. The summed E-state index contributed by atoms with van der Waals surface area (Å²) in [6.07, 6.45) is 3.01. The van der Waals surface area contributed by atoms with Crippen molar-refractivity contribution < 1.29 is 14.3 Å². The van der Waals surface area contributed by atoms with Crippen LogP contribution in [0.1, 0.15) is 40.0 Å². The van der Waals surface area contributed by atoms with Gasteiger partial charge in [-0.05, 0) is 42.7 Å². The van der Waals surface area contributed by atoms with Crippen molar-refractivity contribution in [2.24, 2.45) is 11.3 Å². The van der Waals surface area contributed by atoms with Crippen molar-refractivity contribution in [3.8, 4) is 5.75 Å². The smallest absolute Gasteiger partial charge is 0.344 e. The molecule has 3 nitrogen and oxygen atoms in total. The van der Waals surface area contributed by atoms with Gasteiger partial charge in [0.1, 0.15) is 11.9 Å². The minimum absolute atomic E-state index is 0.00825. The first-order valence-corrected chi connectivity index (χ1v) is 7.80. The summed E-state index contributed by atoms with van der Waals surface area (Å²) in [5.74, 6) is 0.759. The summed E-state index contributed by atoms with van der Waals surface area (Å²) in [7, 11) is 0. The van der Waals surface area contributed by atoms with E-state index in [2.05, 4.69) is 20.8 Å². The molecule has 2 unspecified atom stereocenters. The van der Waals surface area contributed by atoms with Crippen molar-refractivity contribution >= 4 is 17.6 Å². The second kappa shape index (κ2) is 6.69. The van der Waals surface area contributed by atoms with Gasteiger partial charge in [-0.15, -0.1) is 0 Å². The molecule has 0 spiro atoms. The fourth-order valence-corrected chi connectivity index (χ4v) is 3.46. The molecule has 0 radical (unpaired) electrons. The number of rotatable bonds is 4. The molecule has 1 aliphatic carbocycles. The zero-order valence-electron chi connectivity index (χ0n) is 12.9. The van der Waals surface area contributed by atoms with Crippen molar-refractivity contribution in [2.75, 3.05) is 6.61 Å². The maximum absolute atomic E-state index is 11.9. The third-order valence-electron chi connectivity index (χ3n) is 3.83. The van der Waals surface area contributed by atoms with E-state index in [4.69, 9.17) is 21.1 Å². The van der Waals surface area contributed by atoms with Crippen LogP contribution in [0.3, 0.4) is 0 Å². The summed E-state index contributed by atoms with van der Waals surface area (Å²) >= 11 is 5.98. The van der Waals surface area contributed by atoms with Gasteiger partial charge in [-0.1, -0.05) is 44.5 Å². The normalized spacial score (nSPS) is 24.4. The summed E-state index contributed by atoms with van der Waals surface area (Å²) in [4.78, 5) is 11.9. The zero-order valence-corrected chi connectivity index (χ0v) is 13.7. The highest BCUT2D eigenvalue weighted by molar-refractivity contribution is 6.32. The van der Waals surface area contributed by atoms with Crippen LogP contribution in [0.5, 0.6) is 5.75 Å². The highest BCUT2D eigenvalue weighted by Gasteiger charge is 2.34. The van der Waals surface area contributed by atoms with Crippen LogP contribution in [0, 0.1) is 11.3 Å². The molecule has 1 fully saturated rings. The number of para-hydroxylation sites is 1. The topological polar surface area (TPSA) is 35.5 Å². The number of carbonyl (C=O) groups is 1. The van der Waals surface area contributed by atoms with Crippen LogP contribution >= 0.6 is 11.6 Å². The molecule has 4 heteroatoms. The standard InChI is InChI=1S/C17H23ClO3/c1-12-8-13(10-17(2,3)9-12)21-16(19)11-20-15-7-5-4-6-14(15)18/h4-7,12-13H,8-11H2,1-3H3. The van der Waals surface area contributed by atoms with E-state index in [1.54, 1.807) is 12.1 Å². The predicted octanol–water partition coefficient (Wildman–Crippen LogP) is 4.48. The summed E-state index contributed by atoms with van der Waals surface area (Å²) in [5, 5.41) is 0.498. The fraction of sp³-hybridized carbons (Fsp3) is 0.588. The molecule has 2 rings (SSSR count). The number of carbonyl (C=O) groups excluding carboxylic acids is 1. The van der Waals surface area contributed by atoms with Crippen LogP contribution in [0.25, 0.3) is 0 Å². The van der Waals surface area contributed by atoms with Crippen molar-refractivity contribution in [3.63, 3.8) is 0 Å². The molecule has 0 heterocycles. The number of halogens is 1. The van der Waals surface area contributed by atoms with Crippen molar-refractivity contribution in [3.05, 3.63) is 29.3 Å². The Hall–Kier alpha value is -1.22. The molecule has 1 aromatic carbocycles. The number of benzene rings is 1. The van der Waals surface area contributed by atoms with E-state index in [1.807, 2.05) is 12.1 Å². The van der Waals surface area contributed by atoms with Gasteiger partial charge in [-0.25, -0.2) is 4.79 Å². The maximum atomic E-state index is 11.9. The Labute approximate surface area is 131 Å². The molecule has 0 aromatic heterocycles. The summed E-state index contributed by atoms with van der Waals surface area (Å²) in [6, 6.07) is 7.10. The van der Waals surface area contributed by atoms with Crippen molar-refractivity contribution in [1.82, 2.24) is 0 Å². The van der Waals surface area contributed by atoms with Gasteiger partial charge in [0.05, 0.1) is 5.02 Å². The molecule has 0 saturated heterocycles. The lowest BCUT2D eigenvalue weighted by Gasteiger charge is -2.38. The Kier molecular flexibility index (Phi) is 5.15. The minimum atomic E-state index is -0.329. The predicted molar refractivity (Wildman–Crippen MR) is 83.6 cm³/mol. The second-order valence-electron chi connectivity index (χ2n) is 6.74. The van der Waals surface area contributed by atoms with Crippen LogP contribution in [0.4, 0.5) is 0 Å². The molecular formula is C17H23ClO3. The average Bonchev–Trinajstić information content (AvgIpc) is 2.35. The Morgan fingerprint density at radius 2 is 2.05 bits per heavy atom. The van der Waals surface area contributed by atoms with Gasteiger partial charge in [0, 0.05) is 0 Å². The Bertz CT molecular complexity index is 499. The lowest BCUT2D eigenvalue weighted by Crippen LogP contribution is -2.35. The van der Waals surface area contributed by atoms with Crippen molar-refractivity contribution in [1.29, 1.82) is 0 Å². The van der Waals surface area contributed by atoms with E-state index in [-0.39, 0.29) is 24.1 Å². The quantitative estimate of drug-likeness (QED) is 0.769. The van der Waals surface area contributed by atoms with Gasteiger partial charge in [-0.3, -0.25) is 0 Å². The van der Waals surface area contributed by atoms with E-state index in [0.717, 1.165) is 12.8 Å². The number of esters is 1. The van der Waals surface area contributed by atoms with Crippen LogP contribution in [0.15, 0.2) is 24.3 Å². The summed E-state index contributed by atoms with van der Waals surface area (Å²) in [6.45, 7) is 6.56. The van der Waals surface area contributed by atoms with Gasteiger partial charge < -0.3 is 9.47 Å². The molecule has 1 aliphatic rings.